The highest BCUT2D eigenvalue weighted by molar-refractivity contribution is 5.79. The number of fused-ring (bicyclic) bond motifs is 2. The molecule has 3 aliphatic rings. The molecule has 3 rings (SSSR count). The molecule has 2 unspecified atom stereocenters. The van der Waals surface area contributed by atoms with Crippen LogP contribution < -0.4 is 11.1 Å². The van der Waals surface area contributed by atoms with E-state index in [0.29, 0.717) is 23.9 Å². The molecule has 3 N–H and O–H groups in total. The van der Waals surface area contributed by atoms with Crippen LogP contribution >= 0.6 is 0 Å². The monoisotopic (exact) mass is 266 g/mol. The molecule has 0 spiro atoms. The summed E-state index contributed by atoms with van der Waals surface area (Å²) in [6.07, 6.45) is 7.68. The molecule has 0 radical (unpaired) electrons. The van der Waals surface area contributed by atoms with Crippen LogP contribution in [-0.4, -0.2) is 31.2 Å². The van der Waals surface area contributed by atoms with Crippen LogP contribution in [0.4, 0.5) is 0 Å². The maximum atomic E-state index is 12.4. The lowest BCUT2D eigenvalue weighted by molar-refractivity contribution is -0.129. The predicted molar refractivity (Wildman–Crippen MR) is 73.5 cm³/mol. The minimum Gasteiger partial charge on any atom is -0.381 e. The van der Waals surface area contributed by atoms with Crippen LogP contribution in [0.3, 0.4) is 0 Å². The standard InChI is InChI=1S/C15H26N2O2/c16-14-10-2-1-3-11(14)9-12(8-10)15(18)17-13-4-6-19-7-5-13/h10-14H,1-9,16H2,(H,17,18). The molecule has 19 heavy (non-hydrogen) atoms. The summed E-state index contributed by atoms with van der Waals surface area (Å²) in [5.41, 5.74) is 6.28. The van der Waals surface area contributed by atoms with Crippen LogP contribution in [-0.2, 0) is 9.53 Å². The van der Waals surface area contributed by atoms with E-state index >= 15 is 0 Å². The summed E-state index contributed by atoms with van der Waals surface area (Å²) in [5.74, 6) is 1.64. The molecule has 4 nitrogen and oxygen atoms in total. The maximum absolute atomic E-state index is 12.4. The van der Waals surface area contributed by atoms with Gasteiger partial charge >= 0.3 is 0 Å². The molecule has 2 saturated carbocycles. The molecule has 1 aliphatic heterocycles. The summed E-state index contributed by atoms with van der Waals surface area (Å²) in [6.45, 7) is 1.57. The Morgan fingerprint density at radius 1 is 1.05 bits per heavy atom. The largest absolute Gasteiger partial charge is 0.381 e. The van der Waals surface area contributed by atoms with Gasteiger partial charge in [-0.3, -0.25) is 4.79 Å². The first-order chi connectivity index (χ1) is 9.24. The molecule has 0 aromatic heterocycles. The number of nitrogens with two attached hydrogens (primary N) is 1. The molecule has 3 fully saturated rings. The molecule has 1 saturated heterocycles. The molecular formula is C15H26N2O2. The van der Waals surface area contributed by atoms with Gasteiger partial charge in [0.15, 0.2) is 0 Å². The molecule has 1 amide bonds. The first-order valence-corrected chi connectivity index (χ1v) is 7.87. The minimum atomic E-state index is 0.206. The fourth-order valence-corrected chi connectivity index (χ4v) is 4.16. The van der Waals surface area contributed by atoms with Gasteiger partial charge in [0.2, 0.25) is 5.91 Å². The third kappa shape index (κ3) is 2.95. The Kier molecular flexibility index (Phi) is 4.08. The van der Waals surface area contributed by atoms with Crippen molar-refractivity contribution in [2.75, 3.05) is 13.2 Å². The smallest absolute Gasteiger partial charge is 0.223 e. The number of rotatable bonds is 2. The molecule has 0 aromatic rings. The summed E-state index contributed by atoms with van der Waals surface area (Å²) in [6, 6.07) is 0.678. The Morgan fingerprint density at radius 3 is 2.32 bits per heavy atom. The van der Waals surface area contributed by atoms with E-state index in [4.69, 9.17) is 10.5 Å². The van der Waals surface area contributed by atoms with Crippen molar-refractivity contribution in [1.82, 2.24) is 5.32 Å². The lowest BCUT2D eigenvalue weighted by atomic mass is 9.65. The summed E-state index contributed by atoms with van der Waals surface area (Å²) in [7, 11) is 0. The number of carbonyl (C=O) groups is 1. The summed E-state index contributed by atoms with van der Waals surface area (Å²) in [4.78, 5) is 12.4. The van der Waals surface area contributed by atoms with Crippen LogP contribution in [0.25, 0.3) is 0 Å². The molecule has 108 valence electrons. The maximum Gasteiger partial charge on any atom is 0.223 e. The quantitative estimate of drug-likeness (QED) is 0.795. The van der Waals surface area contributed by atoms with Crippen LogP contribution in [0.5, 0.6) is 0 Å². The van der Waals surface area contributed by atoms with Crippen molar-refractivity contribution in [2.24, 2.45) is 23.5 Å². The third-order valence-electron chi connectivity index (χ3n) is 5.35. The minimum absolute atomic E-state index is 0.206. The Morgan fingerprint density at radius 2 is 1.68 bits per heavy atom. The number of nitrogens with one attached hydrogen (secondary N) is 1. The summed E-state index contributed by atoms with van der Waals surface area (Å²) >= 11 is 0. The molecular weight excluding hydrogens is 240 g/mol. The van der Waals surface area contributed by atoms with Crippen molar-refractivity contribution in [1.29, 1.82) is 0 Å². The second kappa shape index (κ2) is 5.80. The molecule has 2 aliphatic carbocycles. The van der Waals surface area contributed by atoms with Crippen molar-refractivity contribution in [2.45, 2.75) is 57.0 Å². The van der Waals surface area contributed by atoms with E-state index in [2.05, 4.69) is 5.32 Å². The summed E-state index contributed by atoms with van der Waals surface area (Å²) in [5, 5.41) is 3.23. The van der Waals surface area contributed by atoms with E-state index in [0.717, 1.165) is 38.9 Å². The number of carbonyl (C=O) groups excluding carboxylic acids is 1. The Labute approximate surface area is 115 Å². The SMILES string of the molecule is NC1C2CCCC1CC(C(=O)NC1CCOCC1)C2. The van der Waals surface area contributed by atoms with Crippen molar-refractivity contribution in [3.05, 3.63) is 0 Å². The Hall–Kier alpha value is -0.610. The van der Waals surface area contributed by atoms with E-state index in [1.165, 1.54) is 19.3 Å². The molecule has 0 aromatic carbocycles. The van der Waals surface area contributed by atoms with Gasteiger partial charge in [-0.25, -0.2) is 0 Å². The molecule has 2 bridgehead atoms. The number of amides is 1. The highest BCUT2D eigenvalue weighted by atomic mass is 16.5. The lowest BCUT2D eigenvalue weighted by Gasteiger charge is -2.43. The van der Waals surface area contributed by atoms with Crippen LogP contribution in [0.15, 0.2) is 0 Å². The number of hydrogen-bond acceptors (Lipinski definition) is 3. The van der Waals surface area contributed by atoms with E-state index in [-0.39, 0.29) is 11.8 Å². The number of ether oxygens (including phenoxy) is 1. The Balaban J connectivity index is 1.55. The zero-order valence-corrected chi connectivity index (χ0v) is 11.6. The van der Waals surface area contributed by atoms with Crippen LogP contribution in [0.1, 0.15) is 44.9 Å². The predicted octanol–water partition coefficient (Wildman–Crippen LogP) is 1.44. The molecule has 1 heterocycles. The van der Waals surface area contributed by atoms with Crippen molar-refractivity contribution < 1.29 is 9.53 Å². The normalized spacial score (nSPS) is 39.8. The van der Waals surface area contributed by atoms with E-state index in [1.807, 2.05) is 0 Å². The molecule has 2 atom stereocenters. The van der Waals surface area contributed by atoms with Crippen molar-refractivity contribution in [3.63, 3.8) is 0 Å². The number of hydrogen-bond donors (Lipinski definition) is 2. The molecule has 4 heteroatoms. The van der Waals surface area contributed by atoms with Gasteiger partial charge in [0.1, 0.15) is 0 Å². The second-order valence-corrected chi connectivity index (χ2v) is 6.59. The van der Waals surface area contributed by atoms with Gasteiger partial charge in [0.25, 0.3) is 0 Å². The van der Waals surface area contributed by atoms with Gasteiger partial charge in [-0.1, -0.05) is 6.42 Å². The van der Waals surface area contributed by atoms with Gasteiger partial charge in [-0.2, -0.15) is 0 Å². The zero-order chi connectivity index (χ0) is 13.2. The highest BCUT2D eigenvalue weighted by Gasteiger charge is 2.40. The average molecular weight is 266 g/mol. The highest BCUT2D eigenvalue weighted by Crippen LogP contribution is 2.41. The van der Waals surface area contributed by atoms with E-state index in [1.54, 1.807) is 0 Å². The van der Waals surface area contributed by atoms with Crippen molar-refractivity contribution in [3.8, 4) is 0 Å². The third-order valence-corrected chi connectivity index (χ3v) is 5.35. The first kappa shape index (κ1) is 13.4. The van der Waals surface area contributed by atoms with E-state index in [9.17, 15) is 4.79 Å². The summed E-state index contributed by atoms with van der Waals surface area (Å²) < 4.78 is 5.33. The zero-order valence-electron chi connectivity index (χ0n) is 11.6. The van der Waals surface area contributed by atoms with E-state index < -0.39 is 0 Å². The fourth-order valence-electron chi connectivity index (χ4n) is 4.16. The van der Waals surface area contributed by atoms with Crippen LogP contribution in [0, 0.1) is 17.8 Å². The Bertz CT molecular complexity index is 314. The van der Waals surface area contributed by atoms with Crippen LogP contribution in [0.2, 0.25) is 0 Å². The van der Waals surface area contributed by atoms with Gasteiger partial charge in [0.05, 0.1) is 0 Å². The topological polar surface area (TPSA) is 64.4 Å². The van der Waals surface area contributed by atoms with Gasteiger partial charge < -0.3 is 15.8 Å². The van der Waals surface area contributed by atoms with Gasteiger partial charge in [-0.05, 0) is 50.4 Å². The first-order valence-electron chi connectivity index (χ1n) is 7.87. The fraction of sp³-hybridized carbons (Fsp3) is 0.933. The van der Waals surface area contributed by atoms with Gasteiger partial charge in [-0.15, -0.1) is 0 Å². The van der Waals surface area contributed by atoms with Gasteiger partial charge in [0, 0.05) is 31.2 Å². The second-order valence-electron chi connectivity index (χ2n) is 6.59. The van der Waals surface area contributed by atoms with Crippen molar-refractivity contribution >= 4 is 5.91 Å². The lowest BCUT2D eigenvalue weighted by Crippen LogP contribution is -2.50. The average Bonchev–Trinajstić information content (AvgIpc) is 2.39.